The Morgan fingerprint density at radius 1 is 1.23 bits per heavy atom. The van der Waals surface area contributed by atoms with E-state index in [9.17, 15) is 18.3 Å². The van der Waals surface area contributed by atoms with Crippen LogP contribution in [0.15, 0.2) is 24.3 Å². The van der Waals surface area contributed by atoms with Crippen LogP contribution in [-0.2, 0) is 10.9 Å². The van der Waals surface area contributed by atoms with Gasteiger partial charge in [-0.3, -0.25) is 4.90 Å². The number of piperazine rings is 1. The number of hydrogen-bond acceptors (Lipinski definition) is 4. The predicted molar refractivity (Wildman–Crippen MR) is 95.0 cm³/mol. The number of aliphatic hydroxyl groups is 1. The molecule has 144 valence electrons. The van der Waals surface area contributed by atoms with Crippen LogP contribution in [0.2, 0.25) is 0 Å². The molecule has 0 aromatic heterocycles. The molecule has 1 aromatic carbocycles. The lowest BCUT2D eigenvalue weighted by Gasteiger charge is -2.37. The highest BCUT2D eigenvalue weighted by Gasteiger charge is 2.31. The minimum Gasteiger partial charge on any atom is -0.389 e. The molecule has 0 amide bonds. The number of halogens is 3. The molecule has 0 unspecified atom stereocenters. The van der Waals surface area contributed by atoms with Crippen molar-refractivity contribution in [2.45, 2.75) is 31.7 Å². The van der Waals surface area contributed by atoms with Crippen LogP contribution in [0.5, 0.6) is 0 Å². The van der Waals surface area contributed by atoms with Crippen LogP contribution in [0.25, 0.3) is 0 Å². The van der Waals surface area contributed by atoms with Gasteiger partial charge in [-0.2, -0.15) is 13.2 Å². The van der Waals surface area contributed by atoms with E-state index in [1.54, 1.807) is 19.9 Å². The molecule has 0 bridgehead atoms. The lowest BCUT2D eigenvalue weighted by molar-refractivity contribution is -0.137. The minimum absolute atomic E-state index is 0.144. The Hall–Kier alpha value is -1.75. The van der Waals surface area contributed by atoms with Gasteiger partial charge in [0.1, 0.15) is 5.60 Å². The Morgan fingerprint density at radius 2 is 1.88 bits per heavy atom. The van der Waals surface area contributed by atoms with Crippen molar-refractivity contribution < 1.29 is 23.0 Å². The molecule has 26 heavy (non-hydrogen) atoms. The summed E-state index contributed by atoms with van der Waals surface area (Å²) in [5, 5.41) is 10.1. The number of nitrogens with zero attached hydrogens (tertiary/aromatic N) is 2. The third-order valence-corrected chi connectivity index (χ3v) is 4.36. The third-order valence-electron chi connectivity index (χ3n) is 4.36. The fourth-order valence-corrected chi connectivity index (χ4v) is 2.76. The predicted octanol–water partition coefficient (Wildman–Crippen LogP) is 2.62. The molecule has 1 aliphatic heterocycles. The molecule has 0 spiro atoms. The molecule has 1 atom stereocenters. The standard InChI is InChI=1S/C19H25F3N2O2/c1-4-18(2,3)26-14-17(25)13-23-8-10-24(11-9-23)16-7-5-6-15(12-16)19(20,21)22/h1,5-7,12,17,25H,8-11,13-14H2,2-3H3/t17-/m0/s1. The summed E-state index contributed by atoms with van der Waals surface area (Å²) >= 11 is 0. The van der Waals surface area contributed by atoms with Gasteiger partial charge in [0.2, 0.25) is 0 Å². The number of alkyl halides is 3. The highest BCUT2D eigenvalue weighted by molar-refractivity contribution is 5.49. The number of ether oxygens (including phenoxy) is 1. The maximum atomic E-state index is 12.8. The lowest BCUT2D eigenvalue weighted by atomic mass is 10.1. The van der Waals surface area contributed by atoms with Gasteiger partial charge < -0.3 is 14.7 Å². The van der Waals surface area contributed by atoms with Gasteiger partial charge >= 0.3 is 6.18 Å². The monoisotopic (exact) mass is 370 g/mol. The van der Waals surface area contributed by atoms with Crippen LogP contribution in [0.1, 0.15) is 19.4 Å². The van der Waals surface area contributed by atoms with Crippen LogP contribution in [-0.4, -0.2) is 61.0 Å². The SMILES string of the molecule is C#CC(C)(C)OC[C@@H](O)CN1CCN(c2cccc(C(F)(F)F)c2)CC1. The van der Waals surface area contributed by atoms with E-state index in [4.69, 9.17) is 11.2 Å². The summed E-state index contributed by atoms with van der Waals surface area (Å²) in [4.78, 5) is 4.00. The fourth-order valence-electron chi connectivity index (χ4n) is 2.76. The van der Waals surface area contributed by atoms with E-state index < -0.39 is 23.4 Å². The Balaban J connectivity index is 1.83. The zero-order chi connectivity index (χ0) is 19.4. The zero-order valence-electron chi connectivity index (χ0n) is 15.1. The molecule has 1 N–H and O–H groups in total. The van der Waals surface area contributed by atoms with Crippen molar-refractivity contribution in [1.82, 2.24) is 4.90 Å². The third kappa shape index (κ3) is 5.90. The maximum absolute atomic E-state index is 12.8. The van der Waals surface area contributed by atoms with Gasteiger partial charge in [0, 0.05) is 38.4 Å². The highest BCUT2D eigenvalue weighted by Crippen LogP contribution is 2.31. The molecule has 1 aromatic rings. The molecule has 0 saturated carbocycles. The Morgan fingerprint density at radius 3 is 2.46 bits per heavy atom. The van der Waals surface area contributed by atoms with Gasteiger partial charge in [-0.05, 0) is 32.0 Å². The van der Waals surface area contributed by atoms with Crippen molar-refractivity contribution in [3.63, 3.8) is 0 Å². The van der Waals surface area contributed by atoms with Gasteiger partial charge in [-0.15, -0.1) is 6.42 Å². The molecule has 2 rings (SSSR count). The number of β-amino-alcohol motifs (C(OH)–C–C–N with tert-alkyl or cyclic N) is 1. The van der Waals surface area contributed by atoms with Crippen LogP contribution in [0.3, 0.4) is 0 Å². The molecule has 1 aliphatic rings. The van der Waals surface area contributed by atoms with Gasteiger partial charge in [0.05, 0.1) is 18.3 Å². The van der Waals surface area contributed by atoms with Crippen LogP contribution >= 0.6 is 0 Å². The molecule has 1 fully saturated rings. The van der Waals surface area contributed by atoms with Crippen molar-refractivity contribution in [1.29, 1.82) is 0 Å². The molecule has 1 heterocycles. The summed E-state index contributed by atoms with van der Waals surface area (Å²) in [6.45, 7) is 6.62. The molecule has 1 saturated heterocycles. The first kappa shape index (κ1) is 20.6. The second-order valence-corrected chi connectivity index (χ2v) is 6.96. The zero-order valence-corrected chi connectivity index (χ0v) is 15.1. The van der Waals surface area contributed by atoms with E-state index in [1.807, 2.05) is 4.90 Å². The lowest BCUT2D eigenvalue weighted by Crippen LogP contribution is -2.49. The molecule has 0 aliphatic carbocycles. The highest BCUT2D eigenvalue weighted by atomic mass is 19.4. The summed E-state index contributed by atoms with van der Waals surface area (Å²) < 4.78 is 44.0. The average Bonchev–Trinajstić information content (AvgIpc) is 2.60. The van der Waals surface area contributed by atoms with Crippen molar-refractivity contribution in [2.75, 3.05) is 44.2 Å². The molecule has 4 nitrogen and oxygen atoms in total. The second kappa shape index (κ2) is 8.30. The summed E-state index contributed by atoms with van der Waals surface area (Å²) in [5.41, 5.74) is -0.788. The summed E-state index contributed by atoms with van der Waals surface area (Å²) in [6.07, 6.45) is 0.338. The van der Waals surface area contributed by atoms with E-state index >= 15 is 0 Å². The molecular weight excluding hydrogens is 345 g/mol. The van der Waals surface area contributed by atoms with Crippen LogP contribution in [0.4, 0.5) is 18.9 Å². The van der Waals surface area contributed by atoms with E-state index in [1.165, 1.54) is 12.1 Å². The van der Waals surface area contributed by atoms with Crippen molar-refractivity contribution in [2.24, 2.45) is 0 Å². The summed E-state index contributed by atoms with van der Waals surface area (Å²) in [7, 11) is 0. The smallest absolute Gasteiger partial charge is 0.389 e. The molecule has 7 heteroatoms. The molecule has 0 radical (unpaired) electrons. The Labute approximate surface area is 152 Å². The largest absolute Gasteiger partial charge is 0.416 e. The minimum atomic E-state index is -4.34. The second-order valence-electron chi connectivity index (χ2n) is 6.96. The number of hydrogen-bond donors (Lipinski definition) is 1. The average molecular weight is 370 g/mol. The Kier molecular flexibility index (Phi) is 6.56. The first-order valence-electron chi connectivity index (χ1n) is 8.55. The first-order valence-corrected chi connectivity index (χ1v) is 8.55. The normalized spacial score (nSPS) is 17.8. The van der Waals surface area contributed by atoms with Crippen molar-refractivity contribution in [3.8, 4) is 12.3 Å². The molecular formula is C19H25F3N2O2. The van der Waals surface area contributed by atoms with Gasteiger partial charge in [-0.1, -0.05) is 12.0 Å². The van der Waals surface area contributed by atoms with Gasteiger partial charge in [0.15, 0.2) is 0 Å². The first-order chi connectivity index (χ1) is 12.1. The quantitative estimate of drug-likeness (QED) is 0.781. The van der Waals surface area contributed by atoms with Gasteiger partial charge in [0.25, 0.3) is 0 Å². The number of terminal acetylenes is 1. The van der Waals surface area contributed by atoms with Crippen molar-refractivity contribution >= 4 is 5.69 Å². The fraction of sp³-hybridized carbons (Fsp3) is 0.579. The topological polar surface area (TPSA) is 35.9 Å². The van der Waals surface area contributed by atoms with E-state index in [0.29, 0.717) is 38.4 Å². The van der Waals surface area contributed by atoms with Crippen LogP contribution in [0, 0.1) is 12.3 Å². The number of rotatable bonds is 6. The maximum Gasteiger partial charge on any atom is 0.416 e. The number of benzene rings is 1. The van der Waals surface area contributed by atoms with E-state index in [2.05, 4.69) is 10.8 Å². The summed E-state index contributed by atoms with van der Waals surface area (Å²) in [6, 6.07) is 5.38. The number of aliphatic hydroxyl groups excluding tert-OH is 1. The Bertz CT molecular complexity index is 632. The van der Waals surface area contributed by atoms with Crippen molar-refractivity contribution in [3.05, 3.63) is 29.8 Å². The van der Waals surface area contributed by atoms with Gasteiger partial charge in [-0.25, -0.2) is 0 Å². The van der Waals surface area contributed by atoms with E-state index in [0.717, 1.165) is 6.07 Å². The van der Waals surface area contributed by atoms with Crippen LogP contribution < -0.4 is 4.90 Å². The number of anilines is 1. The van der Waals surface area contributed by atoms with E-state index in [-0.39, 0.29) is 6.61 Å². The summed E-state index contributed by atoms with van der Waals surface area (Å²) in [5.74, 6) is 2.51.